The average molecular weight is 405 g/mol. The van der Waals surface area contributed by atoms with Crippen LogP contribution in [0.5, 0.6) is 11.5 Å². The second-order valence-corrected chi connectivity index (χ2v) is 10.2. The molecule has 0 heterocycles. The van der Waals surface area contributed by atoms with Crippen LogP contribution in [0.1, 0.15) is 118 Å². The Morgan fingerprint density at radius 1 is 0.567 bits per heavy atom. The maximum atomic E-state index is 10.6. The highest BCUT2D eigenvalue weighted by Gasteiger charge is 2.41. The van der Waals surface area contributed by atoms with Crippen LogP contribution in [-0.2, 0) is 5.41 Å². The maximum Gasteiger partial charge on any atom is 0.119 e. The first kappa shape index (κ1) is 20.0. The first-order valence-corrected chi connectivity index (χ1v) is 12.3. The van der Waals surface area contributed by atoms with Crippen molar-refractivity contribution in [1.82, 2.24) is 0 Å². The van der Waals surface area contributed by atoms with Crippen molar-refractivity contribution in [2.24, 2.45) is 0 Å². The number of benzene rings is 2. The van der Waals surface area contributed by atoms with Crippen molar-refractivity contribution in [3.05, 3.63) is 58.7 Å². The topological polar surface area (TPSA) is 40.5 Å². The van der Waals surface area contributed by atoms with Crippen LogP contribution in [0.15, 0.2) is 36.4 Å². The molecule has 0 aliphatic heterocycles. The Kier molecular flexibility index (Phi) is 5.52. The lowest BCUT2D eigenvalue weighted by Crippen LogP contribution is -2.35. The van der Waals surface area contributed by atoms with Gasteiger partial charge in [0.15, 0.2) is 0 Å². The molecule has 2 N–H and O–H groups in total. The largest absolute Gasteiger partial charge is 0.508 e. The van der Waals surface area contributed by atoms with Crippen molar-refractivity contribution in [2.45, 2.75) is 101 Å². The lowest BCUT2D eigenvalue weighted by atomic mass is 9.60. The molecule has 160 valence electrons. The summed E-state index contributed by atoms with van der Waals surface area (Å²) in [5, 5.41) is 21.3. The van der Waals surface area contributed by atoms with Crippen LogP contribution in [-0.4, -0.2) is 10.2 Å². The van der Waals surface area contributed by atoms with Crippen LogP contribution in [0.2, 0.25) is 0 Å². The molecule has 2 aromatic carbocycles. The Hall–Kier alpha value is -1.96. The average Bonchev–Trinajstić information content (AvgIpc) is 2.76. The zero-order valence-electron chi connectivity index (χ0n) is 18.2. The van der Waals surface area contributed by atoms with E-state index < -0.39 is 0 Å². The van der Waals surface area contributed by atoms with Gasteiger partial charge in [0.25, 0.3) is 0 Å². The quantitative estimate of drug-likeness (QED) is 0.549. The third-order valence-electron chi connectivity index (χ3n) is 8.46. The molecule has 0 spiro atoms. The minimum atomic E-state index is 0.0498. The Balaban J connectivity index is 1.52. The second kappa shape index (κ2) is 8.29. The Morgan fingerprint density at radius 2 is 1.00 bits per heavy atom. The van der Waals surface area contributed by atoms with Crippen molar-refractivity contribution < 1.29 is 10.2 Å². The van der Waals surface area contributed by atoms with Crippen molar-refractivity contribution in [2.75, 3.05) is 0 Å². The molecule has 3 fully saturated rings. The van der Waals surface area contributed by atoms with Gasteiger partial charge in [0, 0.05) is 5.41 Å². The van der Waals surface area contributed by atoms with Crippen LogP contribution < -0.4 is 0 Å². The lowest BCUT2D eigenvalue weighted by molar-refractivity contribution is 0.299. The molecule has 30 heavy (non-hydrogen) atoms. The van der Waals surface area contributed by atoms with Gasteiger partial charge >= 0.3 is 0 Å². The van der Waals surface area contributed by atoms with Crippen molar-refractivity contribution in [3.8, 4) is 11.5 Å². The molecule has 0 saturated heterocycles. The molecular formula is C28H36O2. The van der Waals surface area contributed by atoms with Crippen LogP contribution >= 0.6 is 0 Å². The summed E-state index contributed by atoms with van der Waals surface area (Å²) in [4.78, 5) is 0. The molecule has 2 aromatic rings. The summed E-state index contributed by atoms with van der Waals surface area (Å²) in [7, 11) is 0. The number of hydrogen-bond acceptors (Lipinski definition) is 2. The summed E-state index contributed by atoms with van der Waals surface area (Å²) in [5.41, 5.74) is 5.13. The Labute approximate surface area is 181 Å². The normalized spacial score (nSPS) is 22.5. The standard InChI is InChI=1S/C28H36O2/c29-26-14-12-22(18-24(26)20-8-3-1-4-9-20)28(16-7-17-28)23-13-15-27(30)25(19-23)21-10-5-2-6-11-21/h12-15,18-21,29-30H,1-11,16-17H2. The van der Waals surface area contributed by atoms with Gasteiger partial charge in [-0.1, -0.05) is 69.2 Å². The molecule has 3 aliphatic rings. The molecule has 0 aromatic heterocycles. The Bertz CT molecular complexity index is 814. The smallest absolute Gasteiger partial charge is 0.119 e. The van der Waals surface area contributed by atoms with Gasteiger partial charge in [-0.2, -0.15) is 0 Å². The fourth-order valence-corrected chi connectivity index (χ4v) is 6.46. The Morgan fingerprint density at radius 3 is 1.37 bits per heavy atom. The van der Waals surface area contributed by atoms with E-state index in [9.17, 15) is 10.2 Å². The molecule has 0 bridgehead atoms. The molecule has 3 saturated carbocycles. The van der Waals surface area contributed by atoms with Crippen molar-refractivity contribution in [1.29, 1.82) is 0 Å². The summed E-state index contributed by atoms with van der Waals surface area (Å²) in [6, 6.07) is 12.9. The molecule has 0 atom stereocenters. The molecule has 0 radical (unpaired) electrons. The van der Waals surface area contributed by atoms with Gasteiger partial charge < -0.3 is 10.2 Å². The van der Waals surface area contributed by atoms with Gasteiger partial charge in [-0.3, -0.25) is 0 Å². The first-order valence-electron chi connectivity index (χ1n) is 12.3. The van der Waals surface area contributed by atoms with E-state index in [4.69, 9.17) is 0 Å². The summed E-state index contributed by atoms with van der Waals surface area (Å²) < 4.78 is 0. The summed E-state index contributed by atoms with van der Waals surface area (Å²) in [6.45, 7) is 0. The fraction of sp³-hybridized carbons (Fsp3) is 0.571. The molecule has 2 heteroatoms. The van der Waals surface area contributed by atoms with Crippen molar-refractivity contribution >= 4 is 0 Å². The minimum Gasteiger partial charge on any atom is -0.508 e. The number of phenolic OH excluding ortho intramolecular Hbond substituents is 2. The van der Waals surface area contributed by atoms with Crippen molar-refractivity contribution in [3.63, 3.8) is 0 Å². The van der Waals surface area contributed by atoms with Gasteiger partial charge in [-0.05, 0) is 84.7 Å². The van der Waals surface area contributed by atoms with Gasteiger partial charge in [-0.15, -0.1) is 0 Å². The number of rotatable bonds is 4. The van der Waals surface area contributed by atoms with E-state index in [-0.39, 0.29) is 5.41 Å². The van der Waals surface area contributed by atoms with E-state index in [1.807, 2.05) is 12.1 Å². The van der Waals surface area contributed by atoms with E-state index >= 15 is 0 Å². The SMILES string of the molecule is Oc1ccc(C2(c3ccc(O)c(C4CCCCC4)c3)CCC2)cc1C1CCCCC1. The zero-order valence-corrected chi connectivity index (χ0v) is 18.2. The van der Waals surface area contributed by atoms with Gasteiger partial charge in [0.05, 0.1) is 0 Å². The van der Waals surface area contributed by atoms with Gasteiger partial charge in [-0.25, -0.2) is 0 Å². The number of aromatic hydroxyl groups is 2. The van der Waals surface area contributed by atoms with E-state index in [0.717, 1.165) is 12.8 Å². The third kappa shape index (κ3) is 3.53. The van der Waals surface area contributed by atoms with Gasteiger partial charge in [0.1, 0.15) is 11.5 Å². The molecule has 5 rings (SSSR count). The van der Waals surface area contributed by atoms with Gasteiger partial charge in [0.2, 0.25) is 0 Å². The molecule has 3 aliphatic carbocycles. The molecule has 2 nitrogen and oxygen atoms in total. The van der Waals surface area contributed by atoms with Crippen LogP contribution in [0.4, 0.5) is 0 Å². The summed E-state index contributed by atoms with van der Waals surface area (Å²) >= 11 is 0. The number of hydrogen-bond donors (Lipinski definition) is 2. The summed E-state index contributed by atoms with van der Waals surface area (Å²) in [6.07, 6.45) is 16.2. The fourth-order valence-electron chi connectivity index (χ4n) is 6.46. The molecule has 0 unspecified atom stereocenters. The zero-order chi connectivity index (χ0) is 20.6. The predicted molar refractivity (Wildman–Crippen MR) is 122 cm³/mol. The highest BCUT2D eigenvalue weighted by atomic mass is 16.3. The maximum absolute atomic E-state index is 10.6. The molecular weight excluding hydrogens is 368 g/mol. The predicted octanol–water partition coefficient (Wildman–Crippen LogP) is 7.66. The van der Waals surface area contributed by atoms with E-state index in [1.165, 1.54) is 92.9 Å². The lowest BCUT2D eigenvalue weighted by Gasteiger charge is -2.44. The highest BCUT2D eigenvalue weighted by molar-refractivity contribution is 5.51. The minimum absolute atomic E-state index is 0.0498. The first-order chi connectivity index (χ1) is 14.7. The third-order valence-corrected chi connectivity index (χ3v) is 8.46. The van der Waals surface area contributed by atoms with Crippen LogP contribution in [0, 0.1) is 0 Å². The van der Waals surface area contributed by atoms with Crippen LogP contribution in [0.25, 0.3) is 0 Å². The van der Waals surface area contributed by atoms with E-state index in [2.05, 4.69) is 24.3 Å². The summed E-state index contributed by atoms with van der Waals surface area (Å²) in [5.74, 6) is 1.98. The molecule has 0 amide bonds. The van der Waals surface area contributed by atoms with Crippen LogP contribution in [0.3, 0.4) is 0 Å². The second-order valence-electron chi connectivity index (χ2n) is 10.2. The number of phenols is 2. The monoisotopic (exact) mass is 404 g/mol. The highest BCUT2D eigenvalue weighted by Crippen LogP contribution is 2.52. The van der Waals surface area contributed by atoms with E-state index in [0.29, 0.717) is 23.3 Å². The van der Waals surface area contributed by atoms with E-state index in [1.54, 1.807) is 0 Å².